The number of amides is 1. The fraction of sp³-hybridized carbons (Fsp3) is 0.333. The van der Waals surface area contributed by atoms with Crippen LogP contribution in [0.2, 0.25) is 0 Å². The summed E-state index contributed by atoms with van der Waals surface area (Å²) in [6.07, 6.45) is 1.38. The lowest BCUT2D eigenvalue weighted by molar-refractivity contribution is -0.120. The van der Waals surface area contributed by atoms with E-state index in [2.05, 4.69) is 25.8 Å². The lowest BCUT2D eigenvalue weighted by Crippen LogP contribution is -2.21. The van der Waals surface area contributed by atoms with E-state index in [0.717, 1.165) is 51.6 Å². The van der Waals surface area contributed by atoms with Crippen molar-refractivity contribution < 1.29 is 4.79 Å². The Kier molecular flexibility index (Phi) is 6.40. The van der Waals surface area contributed by atoms with Gasteiger partial charge in [0, 0.05) is 23.4 Å². The van der Waals surface area contributed by atoms with Crippen LogP contribution in [-0.2, 0) is 11.2 Å². The molecule has 2 N–H and O–H groups in total. The van der Waals surface area contributed by atoms with Crippen molar-refractivity contribution in [2.45, 2.75) is 26.7 Å². The Balaban J connectivity index is 1.54. The van der Waals surface area contributed by atoms with Crippen LogP contribution in [0.4, 0.5) is 5.69 Å². The molecule has 3 rings (SSSR count). The fourth-order valence-electron chi connectivity index (χ4n) is 2.36. The molecule has 0 atom stereocenters. The van der Waals surface area contributed by atoms with Gasteiger partial charge in [-0.2, -0.15) is 5.10 Å². The number of nitrogens with one attached hydrogen (secondary N) is 2. The van der Waals surface area contributed by atoms with Gasteiger partial charge in [-0.25, -0.2) is 10.4 Å². The molecule has 2 heterocycles. The van der Waals surface area contributed by atoms with Crippen molar-refractivity contribution in [1.82, 2.24) is 10.4 Å². The van der Waals surface area contributed by atoms with Gasteiger partial charge in [-0.1, -0.05) is 23.9 Å². The number of benzene rings is 1. The van der Waals surface area contributed by atoms with Crippen molar-refractivity contribution in [3.63, 3.8) is 0 Å². The molecule has 1 amide bonds. The zero-order valence-corrected chi connectivity index (χ0v) is 16.4. The van der Waals surface area contributed by atoms with Gasteiger partial charge < -0.3 is 5.32 Å². The van der Waals surface area contributed by atoms with E-state index in [4.69, 9.17) is 0 Å². The highest BCUT2D eigenvalue weighted by atomic mass is 32.2. The van der Waals surface area contributed by atoms with Crippen LogP contribution in [-0.4, -0.2) is 34.1 Å². The Labute approximate surface area is 161 Å². The molecule has 2 aromatic rings. The normalized spacial score (nSPS) is 14.7. The molecule has 6 nitrogen and oxygen atoms in total. The second kappa shape index (κ2) is 8.95. The van der Waals surface area contributed by atoms with Crippen molar-refractivity contribution in [3.8, 4) is 0 Å². The minimum atomic E-state index is -0.166. The second-order valence-electron chi connectivity index (χ2n) is 5.86. The molecule has 0 spiro atoms. The number of nitrogens with zero attached hydrogens (tertiary/aromatic N) is 3. The predicted molar refractivity (Wildman–Crippen MR) is 110 cm³/mol. The smallest absolute Gasteiger partial charge is 0.246 e. The van der Waals surface area contributed by atoms with E-state index >= 15 is 0 Å². The average molecular weight is 388 g/mol. The quantitative estimate of drug-likeness (QED) is 0.608. The maximum Gasteiger partial charge on any atom is 0.246 e. The highest BCUT2D eigenvalue weighted by Gasteiger charge is 2.08. The molecule has 0 bridgehead atoms. The molecule has 0 saturated carbocycles. The number of aryl methyl sites for hydroxylation is 1. The Morgan fingerprint density at radius 2 is 2.12 bits per heavy atom. The number of anilines is 1. The zero-order valence-electron chi connectivity index (χ0n) is 14.8. The summed E-state index contributed by atoms with van der Waals surface area (Å²) in [5.74, 6) is 0.941. The van der Waals surface area contributed by atoms with Gasteiger partial charge >= 0.3 is 0 Å². The SMILES string of the molecule is C/C(=N/NC(=O)Cc1csc(C)n1)c1ccc(NC2=NCCCS2)cc1. The molecule has 8 heteroatoms. The molecule has 1 aromatic carbocycles. The Morgan fingerprint density at radius 1 is 1.31 bits per heavy atom. The summed E-state index contributed by atoms with van der Waals surface area (Å²) < 4.78 is 0. The van der Waals surface area contributed by atoms with Gasteiger partial charge in [-0.15, -0.1) is 11.3 Å². The summed E-state index contributed by atoms with van der Waals surface area (Å²) in [7, 11) is 0. The summed E-state index contributed by atoms with van der Waals surface area (Å²) in [4.78, 5) is 20.7. The van der Waals surface area contributed by atoms with E-state index in [0.29, 0.717) is 0 Å². The largest absolute Gasteiger partial charge is 0.335 e. The number of amidine groups is 1. The number of aliphatic imine (C=N–C) groups is 1. The molecule has 1 aliphatic heterocycles. The van der Waals surface area contributed by atoms with E-state index in [-0.39, 0.29) is 12.3 Å². The van der Waals surface area contributed by atoms with E-state index < -0.39 is 0 Å². The number of thiazole rings is 1. The average Bonchev–Trinajstić information content (AvgIpc) is 3.06. The monoisotopic (exact) mass is 387 g/mol. The lowest BCUT2D eigenvalue weighted by Gasteiger charge is -2.13. The van der Waals surface area contributed by atoms with Gasteiger partial charge in [0.15, 0.2) is 5.17 Å². The first kappa shape index (κ1) is 18.6. The van der Waals surface area contributed by atoms with E-state index in [1.807, 2.05) is 43.5 Å². The Morgan fingerprint density at radius 3 is 2.77 bits per heavy atom. The zero-order chi connectivity index (χ0) is 18.4. The highest BCUT2D eigenvalue weighted by molar-refractivity contribution is 8.14. The topological polar surface area (TPSA) is 78.7 Å². The molecule has 136 valence electrons. The second-order valence-corrected chi connectivity index (χ2v) is 8.00. The van der Waals surface area contributed by atoms with Gasteiger partial charge in [-0.05, 0) is 38.0 Å². The van der Waals surface area contributed by atoms with E-state index in [1.54, 1.807) is 11.8 Å². The number of aromatic nitrogens is 1. The maximum atomic E-state index is 12.0. The lowest BCUT2D eigenvalue weighted by atomic mass is 10.1. The minimum Gasteiger partial charge on any atom is -0.335 e. The van der Waals surface area contributed by atoms with Gasteiger partial charge in [0.05, 0.1) is 22.8 Å². The summed E-state index contributed by atoms with van der Waals surface area (Å²) in [6, 6.07) is 7.94. The molecular weight excluding hydrogens is 366 g/mol. The minimum absolute atomic E-state index is 0.166. The third-order valence-corrected chi connectivity index (χ3v) is 5.53. The van der Waals surface area contributed by atoms with Crippen LogP contribution < -0.4 is 10.7 Å². The molecule has 1 aliphatic rings. The first-order valence-electron chi connectivity index (χ1n) is 8.39. The van der Waals surface area contributed by atoms with Gasteiger partial charge in [-0.3, -0.25) is 9.79 Å². The van der Waals surface area contributed by atoms with Crippen LogP contribution in [0, 0.1) is 6.92 Å². The van der Waals surface area contributed by atoms with Crippen LogP contribution in [0.1, 0.15) is 29.6 Å². The molecule has 0 unspecified atom stereocenters. The van der Waals surface area contributed by atoms with E-state index in [9.17, 15) is 4.79 Å². The first-order chi connectivity index (χ1) is 12.6. The van der Waals surface area contributed by atoms with Crippen LogP contribution >= 0.6 is 23.1 Å². The molecular formula is C18H21N5OS2. The number of rotatable bonds is 5. The van der Waals surface area contributed by atoms with Crippen molar-refractivity contribution in [3.05, 3.63) is 45.9 Å². The van der Waals surface area contributed by atoms with Crippen molar-refractivity contribution in [2.24, 2.45) is 10.1 Å². The summed E-state index contributed by atoms with van der Waals surface area (Å²) in [5, 5.41) is 11.3. The third-order valence-electron chi connectivity index (χ3n) is 3.71. The predicted octanol–water partition coefficient (Wildman–Crippen LogP) is 3.44. The van der Waals surface area contributed by atoms with Gasteiger partial charge in [0.1, 0.15) is 0 Å². The number of carbonyl (C=O) groups excluding carboxylic acids is 1. The maximum absolute atomic E-state index is 12.0. The van der Waals surface area contributed by atoms with E-state index in [1.165, 1.54) is 11.3 Å². The molecule has 0 fully saturated rings. The number of hydrogen-bond acceptors (Lipinski definition) is 7. The third kappa shape index (κ3) is 5.40. The van der Waals surface area contributed by atoms with Gasteiger partial charge in [0.25, 0.3) is 0 Å². The Hall–Kier alpha value is -2.19. The summed E-state index contributed by atoms with van der Waals surface area (Å²) >= 11 is 3.28. The number of thioether (sulfide) groups is 1. The number of carbonyl (C=O) groups is 1. The van der Waals surface area contributed by atoms with Crippen LogP contribution in [0.15, 0.2) is 39.7 Å². The van der Waals surface area contributed by atoms with Crippen LogP contribution in [0.5, 0.6) is 0 Å². The summed E-state index contributed by atoms with van der Waals surface area (Å²) in [6.45, 7) is 4.68. The first-order valence-corrected chi connectivity index (χ1v) is 10.3. The molecule has 1 aromatic heterocycles. The standard InChI is InChI=1S/C18H21N5OS2/c1-12(22-23-17(24)10-16-11-26-13(2)20-16)14-4-6-15(7-5-14)21-18-19-8-3-9-25-18/h4-7,11H,3,8-10H2,1-2H3,(H,19,21)(H,23,24)/b22-12-. The van der Waals surface area contributed by atoms with Crippen molar-refractivity contribution in [1.29, 1.82) is 0 Å². The summed E-state index contributed by atoms with van der Waals surface area (Å²) in [5.41, 5.74) is 6.08. The van der Waals surface area contributed by atoms with Crippen LogP contribution in [0.25, 0.3) is 0 Å². The molecule has 0 radical (unpaired) electrons. The van der Waals surface area contributed by atoms with Crippen molar-refractivity contribution >= 4 is 45.6 Å². The number of hydrazone groups is 1. The molecule has 26 heavy (non-hydrogen) atoms. The van der Waals surface area contributed by atoms with Crippen molar-refractivity contribution in [2.75, 3.05) is 17.6 Å². The van der Waals surface area contributed by atoms with Crippen LogP contribution in [0.3, 0.4) is 0 Å². The molecule has 0 saturated heterocycles. The Bertz CT molecular complexity index is 826. The molecule has 0 aliphatic carbocycles. The highest BCUT2D eigenvalue weighted by Crippen LogP contribution is 2.17. The fourth-order valence-corrected chi connectivity index (χ4v) is 3.81. The number of hydrogen-bond donors (Lipinski definition) is 2. The van der Waals surface area contributed by atoms with Gasteiger partial charge in [0.2, 0.25) is 5.91 Å².